The summed E-state index contributed by atoms with van der Waals surface area (Å²) >= 11 is 0. The molecule has 6 heteroatoms. The molecule has 0 fully saturated rings. The second-order valence-electron chi connectivity index (χ2n) is 16.2. The lowest BCUT2D eigenvalue weighted by Gasteiger charge is -2.18. The van der Waals surface area contributed by atoms with Crippen LogP contribution in [0.1, 0.15) is 252 Å². The lowest BCUT2D eigenvalue weighted by atomic mass is 10.0. The normalized spacial score (nSPS) is 11.9. The molecule has 0 aromatic rings. The van der Waals surface area contributed by atoms with Gasteiger partial charge in [0.1, 0.15) is 13.2 Å². The summed E-state index contributed by atoms with van der Waals surface area (Å²) in [6, 6.07) is 0. The maximum absolute atomic E-state index is 12.6. The number of rotatable bonds is 41. The number of hydrogen-bond donors (Lipinski definition) is 0. The Bertz CT molecular complexity index is 781. The molecule has 0 aliphatic carbocycles. The molecule has 0 radical (unpaired) electrons. The minimum Gasteiger partial charge on any atom is -0.462 e. The van der Waals surface area contributed by atoms with Gasteiger partial charge in [0.25, 0.3) is 0 Å². The number of carbonyl (C=O) groups is 3. The van der Waals surface area contributed by atoms with Crippen LogP contribution in [0.15, 0.2) is 0 Å². The predicted molar refractivity (Wildman–Crippen MR) is 220 cm³/mol. The average molecular weight is 737 g/mol. The molecule has 0 saturated heterocycles. The van der Waals surface area contributed by atoms with E-state index in [1.165, 1.54) is 148 Å². The van der Waals surface area contributed by atoms with Gasteiger partial charge in [0.2, 0.25) is 0 Å². The molecule has 52 heavy (non-hydrogen) atoms. The molecule has 0 rings (SSSR count). The molecule has 0 heterocycles. The summed E-state index contributed by atoms with van der Waals surface area (Å²) in [4.78, 5) is 37.5. The molecule has 0 aliphatic rings. The third-order valence-corrected chi connectivity index (χ3v) is 10.3. The van der Waals surface area contributed by atoms with E-state index in [0.717, 1.165) is 63.7 Å². The zero-order valence-electron chi connectivity index (χ0n) is 35.3. The summed E-state index contributed by atoms with van der Waals surface area (Å²) in [6.45, 7) is 8.96. The molecule has 0 N–H and O–H groups in total. The molecular weight excluding hydrogens is 649 g/mol. The van der Waals surface area contributed by atoms with Crippen LogP contribution in [0.25, 0.3) is 0 Å². The molecule has 0 bridgehead atoms. The minimum absolute atomic E-state index is 0.0642. The first-order valence-corrected chi connectivity index (χ1v) is 22.9. The second kappa shape index (κ2) is 40.6. The zero-order chi connectivity index (χ0) is 38.2. The number of carbonyl (C=O) groups excluding carboxylic acids is 3. The first-order valence-electron chi connectivity index (χ1n) is 22.9. The number of unbranched alkanes of at least 4 members (excludes halogenated alkanes) is 28. The fourth-order valence-corrected chi connectivity index (χ4v) is 6.80. The second-order valence-corrected chi connectivity index (χ2v) is 16.2. The van der Waals surface area contributed by atoms with E-state index in [4.69, 9.17) is 14.2 Å². The van der Waals surface area contributed by atoms with E-state index in [2.05, 4.69) is 27.7 Å². The maximum atomic E-state index is 12.6. The largest absolute Gasteiger partial charge is 0.462 e. The van der Waals surface area contributed by atoms with Crippen molar-refractivity contribution in [3.63, 3.8) is 0 Å². The third-order valence-electron chi connectivity index (χ3n) is 10.3. The summed E-state index contributed by atoms with van der Waals surface area (Å²) in [5.41, 5.74) is 0. The summed E-state index contributed by atoms with van der Waals surface area (Å²) in [7, 11) is 0. The van der Waals surface area contributed by atoms with Gasteiger partial charge in [-0.3, -0.25) is 14.4 Å². The fourth-order valence-electron chi connectivity index (χ4n) is 6.80. The summed E-state index contributed by atoms with van der Waals surface area (Å²) in [5, 5.41) is 0. The van der Waals surface area contributed by atoms with Gasteiger partial charge in [0.15, 0.2) is 6.10 Å². The Morgan fingerprint density at radius 1 is 0.365 bits per heavy atom. The van der Waals surface area contributed by atoms with Crippen LogP contribution in [-0.2, 0) is 28.6 Å². The third kappa shape index (κ3) is 39.6. The van der Waals surface area contributed by atoms with Gasteiger partial charge in [-0.05, 0) is 25.2 Å². The molecule has 0 amide bonds. The Morgan fingerprint density at radius 2 is 0.635 bits per heavy atom. The van der Waals surface area contributed by atoms with Crippen LogP contribution in [0.2, 0.25) is 0 Å². The molecule has 0 aromatic heterocycles. The van der Waals surface area contributed by atoms with Crippen LogP contribution in [0.4, 0.5) is 0 Å². The van der Waals surface area contributed by atoms with Gasteiger partial charge >= 0.3 is 17.9 Å². The van der Waals surface area contributed by atoms with Crippen molar-refractivity contribution in [3.05, 3.63) is 0 Å². The summed E-state index contributed by atoms with van der Waals surface area (Å²) in [6.07, 6.45) is 39.5. The fraction of sp³-hybridized carbons (Fsp3) is 0.935. The van der Waals surface area contributed by atoms with Gasteiger partial charge in [-0.25, -0.2) is 0 Å². The van der Waals surface area contributed by atoms with Gasteiger partial charge in [0, 0.05) is 19.3 Å². The van der Waals surface area contributed by atoms with Crippen molar-refractivity contribution in [2.75, 3.05) is 13.2 Å². The van der Waals surface area contributed by atoms with E-state index in [-0.39, 0.29) is 31.1 Å². The highest BCUT2D eigenvalue weighted by molar-refractivity contribution is 5.71. The van der Waals surface area contributed by atoms with Gasteiger partial charge in [0.05, 0.1) is 0 Å². The van der Waals surface area contributed by atoms with Crippen molar-refractivity contribution in [1.82, 2.24) is 0 Å². The molecule has 0 saturated carbocycles. The van der Waals surface area contributed by atoms with Crippen molar-refractivity contribution in [2.45, 2.75) is 259 Å². The number of ether oxygens (including phenoxy) is 3. The van der Waals surface area contributed by atoms with Gasteiger partial charge in [-0.1, -0.05) is 214 Å². The molecule has 0 aliphatic heterocycles. The molecule has 308 valence electrons. The molecule has 0 unspecified atom stereocenters. The van der Waals surface area contributed by atoms with Gasteiger partial charge < -0.3 is 14.2 Å². The standard InChI is InChI=1S/C46H88O6/c1-5-7-9-11-13-14-18-22-26-29-33-37-44(47)50-40-43(52-46(49)39-35-31-24-12-10-8-6-2)41-51-45(48)38-34-30-27-23-20-17-15-16-19-21-25-28-32-36-42(3)4/h42-43H,5-41H2,1-4H3/t43-/m1/s1. The van der Waals surface area contributed by atoms with E-state index in [9.17, 15) is 14.4 Å². The number of esters is 3. The Balaban J connectivity index is 4.20. The van der Waals surface area contributed by atoms with Crippen molar-refractivity contribution < 1.29 is 28.6 Å². The highest BCUT2D eigenvalue weighted by Gasteiger charge is 2.19. The lowest BCUT2D eigenvalue weighted by molar-refractivity contribution is -0.167. The smallest absolute Gasteiger partial charge is 0.306 e. The van der Waals surface area contributed by atoms with Crippen molar-refractivity contribution in [3.8, 4) is 0 Å². The van der Waals surface area contributed by atoms with E-state index in [1.54, 1.807) is 0 Å². The van der Waals surface area contributed by atoms with Crippen molar-refractivity contribution >= 4 is 17.9 Å². The highest BCUT2D eigenvalue weighted by Crippen LogP contribution is 2.16. The van der Waals surface area contributed by atoms with Crippen LogP contribution in [0, 0.1) is 5.92 Å². The first-order chi connectivity index (χ1) is 25.4. The van der Waals surface area contributed by atoms with E-state index < -0.39 is 6.10 Å². The minimum atomic E-state index is -0.757. The van der Waals surface area contributed by atoms with Gasteiger partial charge in [-0.2, -0.15) is 0 Å². The maximum Gasteiger partial charge on any atom is 0.306 e. The molecule has 0 aromatic carbocycles. The average Bonchev–Trinajstić information content (AvgIpc) is 3.12. The monoisotopic (exact) mass is 737 g/mol. The van der Waals surface area contributed by atoms with E-state index in [1.807, 2.05) is 0 Å². The summed E-state index contributed by atoms with van der Waals surface area (Å²) < 4.78 is 16.7. The van der Waals surface area contributed by atoms with Crippen molar-refractivity contribution in [2.24, 2.45) is 5.92 Å². The Labute approximate surface area is 323 Å². The Kier molecular flexibility index (Phi) is 39.4. The van der Waals surface area contributed by atoms with Crippen LogP contribution < -0.4 is 0 Å². The topological polar surface area (TPSA) is 78.9 Å². The predicted octanol–water partition coefficient (Wildman–Crippen LogP) is 14.3. The zero-order valence-corrected chi connectivity index (χ0v) is 35.3. The van der Waals surface area contributed by atoms with Gasteiger partial charge in [-0.15, -0.1) is 0 Å². The van der Waals surface area contributed by atoms with Crippen LogP contribution in [-0.4, -0.2) is 37.2 Å². The lowest BCUT2D eigenvalue weighted by Crippen LogP contribution is -2.30. The first kappa shape index (κ1) is 50.4. The molecule has 6 nitrogen and oxygen atoms in total. The van der Waals surface area contributed by atoms with E-state index in [0.29, 0.717) is 19.3 Å². The quantitative estimate of drug-likeness (QED) is 0.0353. The van der Waals surface area contributed by atoms with Crippen molar-refractivity contribution in [1.29, 1.82) is 0 Å². The van der Waals surface area contributed by atoms with Crippen LogP contribution in [0.5, 0.6) is 0 Å². The van der Waals surface area contributed by atoms with E-state index >= 15 is 0 Å². The Hall–Kier alpha value is -1.59. The van der Waals surface area contributed by atoms with Crippen LogP contribution in [0.3, 0.4) is 0 Å². The summed E-state index contributed by atoms with van der Waals surface area (Å²) in [5.74, 6) is -0.0209. The molecule has 1 atom stereocenters. The molecule has 0 spiro atoms. The Morgan fingerprint density at radius 3 is 0.942 bits per heavy atom. The SMILES string of the molecule is CCCCCCCCCCCCCC(=O)OC[C@H](COC(=O)CCCCCCCCCCCCCCCC(C)C)OC(=O)CCCCCCCCC. The highest BCUT2D eigenvalue weighted by atomic mass is 16.6. The number of hydrogen-bond acceptors (Lipinski definition) is 6. The van der Waals surface area contributed by atoms with Crippen LogP contribution >= 0.6 is 0 Å². The molecular formula is C46H88O6.